The van der Waals surface area contributed by atoms with Gasteiger partial charge in [0, 0.05) is 17.5 Å². The average Bonchev–Trinajstić information content (AvgIpc) is 2.91. The first-order valence-electron chi connectivity index (χ1n) is 8.46. The molecule has 1 aromatic heterocycles. The molecule has 0 aliphatic heterocycles. The number of hydrogen-bond acceptors (Lipinski definition) is 3. The van der Waals surface area contributed by atoms with E-state index in [1.807, 2.05) is 13.0 Å². The molecule has 24 heavy (non-hydrogen) atoms. The zero-order valence-corrected chi connectivity index (χ0v) is 14.9. The summed E-state index contributed by atoms with van der Waals surface area (Å²) in [6.07, 6.45) is 2.71. The van der Waals surface area contributed by atoms with Crippen LogP contribution in [0.15, 0.2) is 22.8 Å². The van der Waals surface area contributed by atoms with E-state index in [2.05, 4.69) is 37.5 Å². The summed E-state index contributed by atoms with van der Waals surface area (Å²) in [6.45, 7) is 8.98. The molecular formula is C19H26N2O3. The van der Waals surface area contributed by atoms with Gasteiger partial charge in [-0.05, 0) is 42.5 Å². The molecule has 0 fully saturated rings. The zero-order chi connectivity index (χ0) is 17.7. The summed E-state index contributed by atoms with van der Waals surface area (Å²) in [5, 5.41) is 6.35. The summed E-state index contributed by atoms with van der Waals surface area (Å²) >= 11 is 0. The van der Waals surface area contributed by atoms with Crippen LogP contribution in [0.5, 0.6) is 0 Å². The molecule has 1 heterocycles. The number of furan rings is 1. The molecule has 0 radical (unpaired) electrons. The van der Waals surface area contributed by atoms with Gasteiger partial charge < -0.3 is 15.1 Å². The fraction of sp³-hybridized carbons (Fsp3) is 0.474. The Morgan fingerprint density at radius 1 is 1.17 bits per heavy atom. The summed E-state index contributed by atoms with van der Waals surface area (Å²) in [4.78, 5) is 23.6. The fourth-order valence-electron chi connectivity index (χ4n) is 2.74. The minimum absolute atomic E-state index is 0.00493. The third kappa shape index (κ3) is 4.37. The van der Waals surface area contributed by atoms with Crippen LogP contribution in [0.4, 0.5) is 0 Å². The summed E-state index contributed by atoms with van der Waals surface area (Å²) in [5.74, 6) is 0.0595. The van der Waals surface area contributed by atoms with Crippen molar-refractivity contribution in [1.29, 1.82) is 0 Å². The predicted octanol–water partition coefficient (Wildman–Crippen LogP) is 3.05. The number of nitrogens with one attached hydrogen (secondary N) is 2. The van der Waals surface area contributed by atoms with Gasteiger partial charge in [-0.2, -0.15) is 0 Å². The van der Waals surface area contributed by atoms with E-state index >= 15 is 0 Å². The maximum Gasteiger partial charge on any atom is 0.239 e. The highest BCUT2D eigenvalue weighted by Gasteiger charge is 2.14. The molecule has 0 atom stereocenters. The van der Waals surface area contributed by atoms with Gasteiger partial charge in [0.25, 0.3) is 0 Å². The number of rotatable bonds is 7. The maximum absolute atomic E-state index is 12.1. The first-order chi connectivity index (χ1) is 11.4. The standard InChI is InChI=1S/C19H26N2O3/c1-5-6-20-19(23)10-21-18(22)8-14-11-24-17-7-13(4)15(12(2)3)9-16(14)17/h7,9,11-12H,5-6,8,10H2,1-4H3,(H,20,23)(H,21,22). The number of hydrogen-bond donors (Lipinski definition) is 2. The SMILES string of the molecule is CCCNC(=O)CNC(=O)Cc1coc2cc(C)c(C(C)C)cc12. The molecule has 2 aromatic rings. The number of aryl methyl sites for hydroxylation is 1. The summed E-state index contributed by atoms with van der Waals surface area (Å²) in [7, 11) is 0. The highest BCUT2D eigenvalue weighted by Crippen LogP contribution is 2.29. The Balaban J connectivity index is 2.05. The van der Waals surface area contributed by atoms with Crippen LogP contribution in [-0.4, -0.2) is 24.9 Å². The van der Waals surface area contributed by atoms with Gasteiger partial charge in [-0.15, -0.1) is 0 Å². The van der Waals surface area contributed by atoms with Crippen molar-refractivity contribution in [2.75, 3.05) is 13.1 Å². The molecular weight excluding hydrogens is 304 g/mol. The minimum Gasteiger partial charge on any atom is -0.464 e. The molecule has 0 spiro atoms. The van der Waals surface area contributed by atoms with Crippen LogP contribution in [-0.2, 0) is 16.0 Å². The van der Waals surface area contributed by atoms with Gasteiger partial charge in [-0.25, -0.2) is 0 Å². The topological polar surface area (TPSA) is 71.3 Å². The number of benzene rings is 1. The number of carbonyl (C=O) groups excluding carboxylic acids is 2. The molecule has 2 N–H and O–H groups in total. The monoisotopic (exact) mass is 330 g/mol. The largest absolute Gasteiger partial charge is 0.464 e. The zero-order valence-electron chi connectivity index (χ0n) is 14.9. The molecule has 0 saturated carbocycles. The quantitative estimate of drug-likeness (QED) is 0.819. The molecule has 5 heteroatoms. The van der Waals surface area contributed by atoms with Crippen molar-refractivity contribution in [3.05, 3.63) is 35.1 Å². The van der Waals surface area contributed by atoms with E-state index in [0.29, 0.717) is 12.5 Å². The van der Waals surface area contributed by atoms with E-state index in [1.54, 1.807) is 6.26 Å². The molecule has 2 rings (SSSR count). The van der Waals surface area contributed by atoms with Crippen LogP contribution in [0.1, 0.15) is 49.8 Å². The number of fused-ring (bicyclic) bond motifs is 1. The fourth-order valence-corrected chi connectivity index (χ4v) is 2.74. The second-order valence-electron chi connectivity index (χ2n) is 6.42. The van der Waals surface area contributed by atoms with Crippen molar-refractivity contribution in [2.24, 2.45) is 0 Å². The van der Waals surface area contributed by atoms with Crippen LogP contribution < -0.4 is 10.6 Å². The van der Waals surface area contributed by atoms with Crippen LogP contribution in [0.2, 0.25) is 0 Å². The Labute approximate surface area is 142 Å². The lowest BCUT2D eigenvalue weighted by atomic mass is 9.95. The van der Waals surface area contributed by atoms with Crippen molar-refractivity contribution in [1.82, 2.24) is 10.6 Å². The van der Waals surface area contributed by atoms with E-state index in [0.717, 1.165) is 23.0 Å². The van der Waals surface area contributed by atoms with Crippen molar-refractivity contribution in [3.63, 3.8) is 0 Å². The Bertz CT molecular complexity index is 732. The normalized spacial score (nSPS) is 11.0. The highest BCUT2D eigenvalue weighted by atomic mass is 16.3. The van der Waals surface area contributed by atoms with Crippen molar-refractivity contribution in [3.8, 4) is 0 Å². The van der Waals surface area contributed by atoms with Gasteiger partial charge in [-0.3, -0.25) is 9.59 Å². The molecule has 2 amide bonds. The van der Waals surface area contributed by atoms with Gasteiger partial charge >= 0.3 is 0 Å². The molecule has 1 aromatic carbocycles. The summed E-state index contributed by atoms with van der Waals surface area (Å²) in [5.41, 5.74) is 4.08. The lowest BCUT2D eigenvalue weighted by Crippen LogP contribution is -2.37. The molecule has 0 saturated heterocycles. The highest BCUT2D eigenvalue weighted by molar-refractivity contribution is 5.90. The maximum atomic E-state index is 12.1. The Hall–Kier alpha value is -2.30. The van der Waals surface area contributed by atoms with Gasteiger partial charge in [0.1, 0.15) is 5.58 Å². The third-order valence-electron chi connectivity index (χ3n) is 4.03. The summed E-state index contributed by atoms with van der Waals surface area (Å²) < 4.78 is 5.58. The Morgan fingerprint density at radius 2 is 1.92 bits per heavy atom. The van der Waals surface area contributed by atoms with Crippen LogP contribution >= 0.6 is 0 Å². The first kappa shape index (κ1) is 18.0. The molecule has 0 aliphatic rings. The van der Waals surface area contributed by atoms with E-state index in [1.165, 1.54) is 11.1 Å². The van der Waals surface area contributed by atoms with Crippen LogP contribution in [0.3, 0.4) is 0 Å². The van der Waals surface area contributed by atoms with E-state index in [9.17, 15) is 9.59 Å². The lowest BCUT2D eigenvalue weighted by Gasteiger charge is -2.10. The average molecular weight is 330 g/mol. The van der Waals surface area contributed by atoms with Gasteiger partial charge in [-0.1, -0.05) is 20.8 Å². The Morgan fingerprint density at radius 3 is 2.58 bits per heavy atom. The Kier molecular flexibility index (Phi) is 6.01. The van der Waals surface area contributed by atoms with Crippen molar-refractivity contribution < 1.29 is 14.0 Å². The number of amides is 2. The molecule has 0 unspecified atom stereocenters. The summed E-state index contributed by atoms with van der Waals surface area (Å²) in [6, 6.07) is 4.12. The second-order valence-corrected chi connectivity index (χ2v) is 6.42. The van der Waals surface area contributed by atoms with E-state index < -0.39 is 0 Å². The van der Waals surface area contributed by atoms with Gasteiger partial charge in [0.15, 0.2) is 0 Å². The van der Waals surface area contributed by atoms with E-state index in [-0.39, 0.29) is 24.8 Å². The van der Waals surface area contributed by atoms with Gasteiger partial charge in [0.05, 0.1) is 19.2 Å². The van der Waals surface area contributed by atoms with Crippen molar-refractivity contribution in [2.45, 2.75) is 46.5 Å². The van der Waals surface area contributed by atoms with Gasteiger partial charge in [0.2, 0.25) is 11.8 Å². The molecule has 5 nitrogen and oxygen atoms in total. The van der Waals surface area contributed by atoms with Crippen molar-refractivity contribution >= 4 is 22.8 Å². The number of carbonyl (C=O) groups is 2. The third-order valence-corrected chi connectivity index (χ3v) is 4.03. The van der Waals surface area contributed by atoms with Crippen LogP contribution in [0, 0.1) is 6.92 Å². The van der Waals surface area contributed by atoms with Crippen LogP contribution in [0.25, 0.3) is 11.0 Å². The molecule has 130 valence electrons. The predicted molar refractivity (Wildman–Crippen MR) is 95.1 cm³/mol. The minimum atomic E-state index is -0.184. The first-order valence-corrected chi connectivity index (χ1v) is 8.46. The smallest absolute Gasteiger partial charge is 0.239 e. The molecule has 0 bridgehead atoms. The lowest BCUT2D eigenvalue weighted by molar-refractivity contribution is -0.125. The molecule has 0 aliphatic carbocycles. The van der Waals surface area contributed by atoms with E-state index in [4.69, 9.17) is 4.42 Å². The second kappa shape index (κ2) is 7.99.